The van der Waals surface area contributed by atoms with E-state index in [-0.39, 0.29) is 5.91 Å². The van der Waals surface area contributed by atoms with Crippen molar-refractivity contribution >= 4 is 11.9 Å². The van der Waals surface area contributed by atoms with Gasteiger partial charge in [-0.1, -0.05) is 0 Å². The van der Waals surface area contributed by atoms with E-state index in [4.69, 9.17) is 0 Å². The number of piperidine rings is 1. The molecule has 1 aromatic rings. The third-order valence-corrected chi connectivity index (χ3v) is 4.62. The summed E-state index contributed by atoms with van der Waals surface area (Å²) in [5, 5.41) is 3.14. The van der Waals surface area contributed by atoms with Gasteiger partial charge in [-0.15, -0.1) is 0 Å². The van der Waals surface area contributed by atoms with Gasteiger partial charge in [0.15, 0.2) is 0 Å². The minimum absolute atomic E-state index is 0.241. The Morgan fingerprint density at radius 2 is 2.10 bits per heavy atom. The lowest BCUT2D eigenvalue weighted by Gasteiger charge is -2.32. The van der Waals surface area contributed by atoms with Crippen LogP contribution in [0, 0.1) is 12.8 Å². The third kappa shape index (κ3) is 3.71. The predicted octanol–water partition coefficient (Wildman–Crippen LogP) is 2.06. The number of nitrogens with zero attached hydrogens (tertiary/aromatic N) is 3. The summed E-state index contributed by atoms with van der Waals surface area (Å²) in [7, 11) is 0. The molecule has 1 aromatic heterocycles. The molecule has 1 saturated carbocycles. The van der Waals surface area contributed by atoms with Gasteiger partial charge >= 0.3 is 0 Å². The van der Waals surface area contributed by atoms with Crippen molar-refractivity contribution in [2.75, 3.05) is 18.0 Å². The molecule has 1 saturated heterocycles. The zero-order valence-corrected chi connectivity index (χ0v) is 12.7. The van der Waals surface area contributed by atoms with Gasteiger partial charge in [0.05, 0.1) is 0 Å². The van der Waals surface area contributed by atoms with E-state index in [1.54, 1.807) is 0 Å². The number of hydrogen-bond donors (Lipinski definition) is 1. The molecule has 2 heterocycles. The van der Waals surface area contributed by atoms with E-state index < -0.39 is 0 Å². The molecule has 0 radical (unpaired) electrons. The highest BCUT2D eigenvalue weighted by Gasteiger charge is 2.25. The van der Waals surface area contributed by atoms with Crippen LogP contribution in [0.3, 0.4) is 0 Å². The van der Waals surface area contributed by atoms with Gasteiger partial charge in [0.25, 0.3) is 0 Å². The number of aryl methyl sites for hydroxylation is 1. The highest BCUT2D eigenvalue weighted by Crippen LogP contribution is 2.24. The van der Waals surface area contributed by atoms with Crippen molar-refractivity contribution in [3.63, 3.8) is 0 Å². The Kier molecular flexibility index (Phi) is 4.36. The number of amides is 1. The van der Waals surface area contributed by atoms with Crippen LogP contribution in [0.15, 0.2) is 12.3 Å². The largest absolute Gasteiger partial charge is 0.353 e. The van der Waals surface area contributed by atoms with Gasteiger partial charge in [-0.05, 0) is 51.0 Å². The standard InChI is InChI=1S/C16H24N4O/c1-12-5-8-17-16(18-12)20-9-6-13(7-10-20)11-15(21)19-14-3-2-4-14/h5,8,13-14H,2-4,6-7,9-11H2,1H3,(H,19,21). The smallest absolute Gasteiger partial charge is 0.225 e. The van der Waals surface area contributed by atoms with Crippen LogP contribution in [-0.4, -0.2) is 35.0 Å². The summed E-state index contributed by atoms with van der Waals surface area (Å²) in [6.07, 6.45) is 8.18. The van der Waals surface area contributed by atoms with Gasteiger partial charge in [-0.2, -0.15) is 0 Å². The average Bonchev–Trinajstić information content (AvgIpc) is 2.44. The topological polar surface area (TPSA) is 58.1 Å². The monoisotopic (exact) mass is 288 g/mol. The minimum Gasteiger partial charge on any atom is -0.353 e. The summed E-state index contributed by atoms with van der Waals surface area (Å²) >= 11 is 0. The number of aromatic nitrogens is 2. The Labute approximate surface area is 126 Å². The van der Waals surface area contributed by atoms with Crippen molar-refractivity contribution in [3.8, 4) is 0 Å². The lowest BCUT2D eigenvalue weighted by atomic mass is 9.91. The maximum absolute atomic E-state index is 12.0. The van der Waals surface area contributed by atoms with Gasteiger partial charge in [-0.25, -0.2) is 9.97 Å². The molecule has 0 aromatic carbocycles. The first-order valence-corrected chi connectivity index (χ1v) is 8.04. The second kappa shape index (κ2) is 6.41. The molecule has 1 amide bonds. The van der Waals surface area contributed by atoms with E-state index in [0.29, 0.717) is 18.4 Å². The molecule has 5 heteroatoms. The second-order valence-electron chi connectivity index (χ2n) is 6.33. The SMILES string of the molecule is Cc1ccnc(N2CCC(CC(=O)NC3CCC3)CC2)n1. The van der Waals surface area contributed by atoms with Crippen molar-refractivity contribution < 1.29 is 4.79 Å². The van der Waals surface area contributed by atoms with E-state index >= 15 is 0 Å². The van der Waals surface area contributed by atoms with Crippen molar-refractivity contribution in [2.45, 2.75) is 51.5 Å². The summed E-state index contributed by atoms with van der Waals surface area (Å²) in [6.45, 7) is 3.89. The highest BCUT2D eigenvalue weighted by atomic mass is 16.1. The van der Waals surface area contributed by atoms with Crippen LogP contribution in [0.1, 0.15) is 44.2 Å². The van der Waals surface area contributed by atoms with E-state index in [0.717, 1.165) is 50.4 Å². The number of carbonyl (C=O) groups excluding carboxylic acids is 1. The van der Waals surface area contributed by atoms with E-state index in [1.807, 2.05) is 19.2 Å². The van der Waals surface area contributed by atoms with E-state index in [2.05, 4.69) is 20.2 Å². The highest BCUT2D eigenvalue weighted by molar-refractivity contribution is 5.76. The molecule has 0 unspecified atom stereocenters. The number of nitrogens with one attached hydrogen (secondary N) is 1. The normalized spacial score (nSPS) is 20.1. The fourth-order valence-corrected chi connectivity index (χ4v) is 3.03. The number of rotatable bonds is 4. The quantitative estimate of drug-likeness (QED) is 0.921. The average molecular weight is 288 g/mol. The number of anilines is 1. The molecule has 0 atom stereocenters. The van der Waals surface area contributed by atoms with Crippen molar-refractivity contribution in [1.82, 2.24) is 15.3 Å². The zero-order valence-electron chi connectivity index (χ0n) is 12.7. The summed E-state index contributed by atoms with van der Waals surface area (Å²) in [6, 6.07) is 2.37. The maximum Gasteiger partial charge on any atom is 0.225 e. The fourth-order valence-electron chi connectivity index (χ4n) is 3.03. The van der Waals surface area contributed by atoms with Gasteiger partial charge in [-0.3, -0.25) is 4.79 Å². The van der Waals surface area contributed by atoms with Crippen molar-refractivity contribution in [2.24, 2.45) is 5.92 Å². The third-order valence-electron chi connectivity index (χ3n) is 4.62. The minimum atomic E-state index is 0.241. The van der Waals surface area contributed by atoms with Crippen LogP contribution in [-0.2, 0) is 4.79 Å². The summed E-state index contributed by atoms with van der Waals surface area (Å²) in [5.74, 6) is 1.57. The van der Waals surface area contributed by atoms with Crippen molar-refractivity contribution in [3.05, 3.63) is 18.0 Å². The van der Waals surface area contributed by atoms with Crippen LogP contribution in [0.25, 0.3) is 0 Å². The summed E-state index contributed by atoms with van der Waals surface area (Å²) in [4.78, 5) is 23.0. The van der Waals surface area contributed by atoms with Crippen molar-refractivity contribution in [1.29, 1.82) is 0 Å². The van der Waals surface area contributed by atoms with E-state index in [9.17, 15) is 4.79 Å². The molecule has 1 N–H and O–H groups in total. The predicted molar refractivity (Wildman–Crippen MR) is 82.1 cm³/mol. The summed E-state index contributed by atoms with van der Waals surface area (Å²) in [5.41, 5.74) is 1.00. The van der Waals surface area contributed by atoms with E-state index in [1.165, 1.54) is 6.42 Å². The Balaban J connectivity index is 1.45. The van der Waals surface area contributed by atoms with Crippen LogP contribution in [0.5, 0.6) is 0 Å². The van der Waals surface area contributed by atoms with Gasteiger partial charge in [0.2, 0.25) is 11.9 Å². The first-order chi connectivity index (χ1) is 10.2. The molecule has 2 fully saturated rings. The molecular weight excluding hydrogens is 264 g/mol. The van der Waals surface area contributed by atoms with Crippen LogP contribution >= 0.6 is 0 Å². The molecule has 21 heavy (non-hydrogen) atoms. The van der Waals surface area contributed by atoms with Gasteiger partial charge in [0.1, 0.15) is 0 Å². The summed E-state index contributed by atoms with van der Waals surface area (Å²) < 4.78 is 0. The van der Waals surface area contributed by atoms with Gasteiger partial charge in [0, 0.05) is 37.4 Å². The molecule has 2 aliphatic rings. The Bertz CT molecular complexity index is 493. The van der Waals surface area contributed by atoms with Crippen LogP contribution < -0.4 is 10.2 Å². The molecule has 1 aliphatic heterocycles. The second-order valence-corrected chi connectivity index (χ2v) is 6.33. The molecule has 3 rings (SSSR count). The molecule has 114 valence electrons. The number of hydrogen-bond acceptors (Lipinski definition) is 4. The first-order valence-electron chi connectivity index (χ1n) is 8.04. The Hall–Kier alpha value is -1.65. The fraction of sp³-hybridized carbons (Fsp3) is 0.688. The number of carbonyl (C=O) groups is 1. The molecule has 0 spiro atoms. The molecular formula is C16H24N4O. The lowest BCUT2D eigenvalue weighted by molar-refractivity contribution is -0.123. The van der Waals surface area contributed by atoms with Crippen LogP contribution in [0.4, 0.5) is 5.95 Å². The Morgan fingerprint density at radius 3 is 2.71 bits per heavy atom. The van der Waals surface area contributed by atoms with Gasteiger partial charge < -0.3 is 10.2 Å². The lowest BCUT2D eigenvalue weighted by Crippen LogP contribution is -2.41. The molecule has 5 nitrogen and oxygen atoms in total. The molecule has 0 bridgehead atoms. The first kappa shape index (κ1) is 14.3. The molecule has 1 aliphatic carbocycles. The Morgan fingerprint density at radius 1 is 1.33 bits per heavy atom. The maximum atomic E-state index is 12.0. The van der Waals surface area contributed by atoms with Crippen LogP contribution in [0.2, 0.25) is 0 Å². The zero-order chi connectivity index (χ0) is 14.7.